The third-order valence-electron chi connectivity index (χ3n) is 4.04. The van der Waals surface area contributed by atoms with Crippen LogP contribution in [0.3, 0.4) is 0 Å². The summed E-state index contributed by atoms with van der Waals surface area (Å²) in [6.45, 7) is 5.81. The smallest absolute Gasteiger partial charge is 0.243 e. The van der Waals surface area contributed by atoms with Crippen molar-refractivity contribution >= 4 is 27.5 Å². The summed E-state index contributed by atoms with van der Waals surface area (Å²) in [6.07, 6.45) is 1.63. The van der Waals surface area contributed by atoms with Gasteiger partial charge in [0.2, 0.25) is 21.8 Å². The maximum Gasteiger partial charge on any atom is 0.243 e. The van der Waals surface area contributed by atoms with Crippen molar-refractivity contribution in [3.05, 3.63) is 18.2 Å². The van der Waals surface area contributed by atoms with Crippen LogP contribution in [0.2, 0.25) is 0 Å². The van der Waals surface area contributed by atoms with Crippen LogP contribution in [0.5, 0.6) is 5.75 Å². The van der Waals surface area contributed by atoms with Crippen molar-refractivity contribution in [2.24, 2.45) is 5.41 Å². The van der Waals surface area contributed by atoms with Gasteiger partial charge in [0.1, 0.15) is 5.75 Å². The molecule has 2 amide bonds. The monoisotopic (exact) mass is 383 g/mol. The molecule has 1 fully saturated rings. The molecule has 0 unspecified atom stereocenters. The molecular formula is C17H25N3O5S. The topological polar surface area (TPSA) is 116 Å². The number of aromatic hydroxyl groups is 1. The summed E-state index contributed by atoms with van der Waals surface area (Å²) in [5.41, 5.74) is -0.646. The van der Waals surface area contributed by atoms with Gasteiger partial charge in [0.25, 0.3) is 0 Å². The number of carbonyl (C=O) groups is 2. The van der Waals surface area contributed by atoms with Crippen molar-refractivity contribution in [1.82, 2.24) is 9.62 Å². The molecule has 0 bridgehead atoms. The van der Waals surface area contributed by atoms with Crippen molar-refractivity contribution < 1.29 is 23.1 Å². The number of phenolic OH excluding ortho intramolecular Hbond substituents is 1. The normalized spacial score (nSPS) is 15.7. The van der Waals surface area contributed by atoms with E-state index < -0.39 is 21.3 Å². The highest BCUT2D eigenvalue weighted by Crippen LogP contribution is 2.29. The van der Waals surface area contributed by atoms with Gasteiger partial charge >= 0.3 is 0 Å². The summed E-state index contributed by atoms with van der Waals surface area (Å²) in [5.74, 6) is -1.10. The van der Waals surface area contributed by atoms with Gasteiger partial charge < -0.3 is 15.7 Å². The molecule has 26 heavy (non-hydrogen) atoms. The number of hydrogen-bond acceptors (Lipinski definition) is 5. The molecule has 1 aliphatic heterocycles. The number of anilines is 1. The second kappa shape index (κ2) is 7.63. The number of benzene rings is 1. The van der Waals surface area contributed by atoms with E-state index in [-0.39, 0.29) is 28.8 Å². The zero-order valence-corrected chi connectivity index (χ0v) is 16.0. The van der Waals surface area contributed by atoms with Gasteiger partial charge in [0, 0.05) is 18.5 Å². The van der Waals surface area contributed by atoms with Crippen molar-refractivity contribution in [1.29, 1.82) is 0 Å². The minimum absolute atomic E-state index is 0.00577. The number of amides is 2. The van der Waals surface area contributed by atoms with Crippen LogP contribution in [0, 0.1) is 5.41 Å². The molecule has 9 heteroatoms. The fraction of sp³-hybridized carbons (Fsp3) is 0.529. The number of rotatable bonds is 5. The first-order chi connectivity index (χ1) is 12.0. The molecule has 1 saturated heterocycles. The molecule has 8 nitrogen and oxygen atoms in total. The predicted molar refractivity (Wildman–Crippen MR) is 97.2 cm³/mol. The number of phenols is 1. The van der Waals surface area contributed by atoms with Crippen molar-refractivity contribution in [2.45, 2.75) is 38.5 Å². The quantitative estimate of drug-likeness (QED) is 0.663. The van der Waals surface area contributed by atoms with Gasteiger partial charge in [0.05, 0.1) is 17.1 Å². The molecular weight excluding hydrogens is 358 g/mol. The number of nitrogens with one attached hydrogen (secondary N) is 2. The molecule has 2 rings (SSSR count). The van der Waals surface area contributed by atoms with Gasteiger partial charge in [0.15, 0.2) is 0 Å². The van der Waals surface area contributed by atoms with Crippen LogP contribution in [-0.4, -0.2) is 49.3 Å². The van der Waals surface area contributed by atoms with Gasteiger partial charge in [-0.2, -0.15) is 4.31 Å². The van der Waals surface area contributed by atoms with E-state index in [0.717, 1.165) is 12.8 Å². The molecule has 0 radical (unpaired) electrons. The van der Waals surface area contributed by atoms with Crippen LogP contribution in [0.15, 0.2) is 23.1 Å². The zero-order valence-electron chi connectivity index (χ0n) is 15.2. The third kappa shape index (κ3) is 4.73. The molecule has 144 valence electrons. The fourth-order valence-corrected chi connectivity index (χ4v) is 4.02. The minimum atomic E-state index is -3.66. The van der Waals surface area contributed by atoms with Crippen molar-refractivity contribution in [3.8, 4) is 5.75 Å². The van der Waals surface area contributed by atoms with Crippen molar-refractivity contribution in [3.63, 3.8) is 0 Å². The summed E-state index contributed by atoms with van der Waals surface area (Å²) in [4.78, 5) is 23.8. The van der Waals surface area contributed by atoms with Gasteiger partial charge in [-0.1, -0.05) is 20.8 Å². The average Bonchev–Trinajstić information content (AvgIpc) is 3.08. The molecule has 1 heterocycles. The Kier molecular flexibility index (Phi) is 5.92. The van der Waals surface area contributed by atoms with Crippen LogP contribution in [0.25, 0.3) is 0 Å². The molecule has 0 atom stereocenters. The maximum absolute atomic E-state index is 12.6. The Bertz CT molecular complexity index is 793. The highest BCUT2D eigenvalue weighted by Gasteiger charge is 2.28. The van der Waals surface area contributed by atoms with E-state index in [1.165, 1.54) is 22.5 Å². The number of nitrogens with zero attached hydrogens (tertiary/aromatic N) is 1. The zero-order chi connectivity index (χ0) is 19.5. The molecule has 0 saturated carbocycles. The van der Waals surface area contributed by atoms with Gasteiger partial charge in [-0.05, 0) is 31.0 Å². The van der Waals surface area contributed by atoms with E-state index in [9.17, 15) is 23.1 Å². The Labute approximate surface area is 153 Å². The second-order valence-electron chi connectivity index (χ2n) is 7.27. The van der Waals surface area contributed by atoms with Gasteiger partial charge in [-0.15, -0.1) is 0 Å². The summed E-state index contributed by atoms with van der Waals surface area (Å²) < 4.78 is 26.6. The van der Waals surface area contributed by atoms with Crippen LogP contribution in [0.1, 0.15) is 33.6 Å². The summed E-state index contributed by atoms with van der Waals surface area (Å²) in [7, 11) is -3.66. The van der Waals surface area contributed by atoms with Crippen LogP contribution >= 0.6 is 0 Å². The van der Waals surface area contributed by atoms with E-state index >= 15 is 0 Å². The predicted octanol–water partition coefficient (Wildman–Crippen LogP) is 1.28. The van der Waals surface area contributed by atoms with Gasteiger partial charge in [-0.3, -0.25) is 9.59 Å². The number of carbonyl (C=O) groups excluding carboxylic acids is 2. The van der Waals surface area contributed by atoms with E-state index in [4.69, 9.17) is 0 Å². The Morgan fingerprint density at radius 2 is 1.81 bits per heavy atom. The van der Waals surface area contributed by atoms with Crippen molar-refractivity contribution in [2.75, 3.05) is 25.0 Å². The molecule has 0 aliphatic carbocycles. The molecule has 1 aliphatic rings. The van der Waals surface area contributed by atoms with E-state index in [0.29, 0.717) is 13.1 Å². The van der Waals surface area contributed by atoms with E-state index in [1.807, 2.05) is 0 Å². The molecule has 1 aromatic rings. The minimum Gasteiger partial charge on any atom is -0.506 e. The first kappa shape index (κ1) is 20.2. The SMILES string of the molecule is CC(C)(C)C(=O)NCC(=O)Nc1cc(S(=O)(=O)N2CCCC2)ccc1O. The lowest BCUT2D eigenvalue weighted by molar-refractivity contribution is -0.130. The summed E-state index contributed by atoms with van der Waals surface area (Å²) >= 11 is 0. The standard InChI is InChI=1S/C17H25N3O5S/c1-17(2,3)16(23)18-11-15(22)19-13-10-12(6-7-14(13)21)26(24,25)20-8-4-5-9-20/h6-7,10,21H,4-5,8-9,11H2,1-3H3,(H,18,23)(H,19,22). The molecule has 0 aromatic heterocycles. The number of hydrogen-bond donors (Lipinski definition) is 3. The molecule has 1 aromatic carbocycles. The second-order valence-corrected chi connectivity index (χ2v) is 9.21. The van der Waals surface area contributed by atoms with E-state index in [2.05, 4.69) is 10.6 Å². The number of sulfonamides is 1. The maximum atomic E-state index is 12.6. The highest BCUT2D eigenvalue weighted by molar-refractivity contribution is 7.89. The first-order valence-electron chi connectivity index (χ1n) is 8.43. The summed E-state index contributed by atoms with van der Waals surface area (Å²) in [6, 6.07) is 3.76. The fourth-order valence-electron chi connectivity index (χ4n) is 2.47. The Morgan fingerprint density at radius 3 is 2.38 bits per heavy atom. The molecule has 3 N–H and O–H groups in total. The largest absolute Gasteiger partial charge is 0.506 e. The average molecular weight is 383 g/mol. The Hall–Kier alpha value is -2.13. The van der Waals surface area contributed by atoms with Gasteiger partial charge in [-0.25, -0.2) is 8.42 Å². The Balaban J connectivity index is 2.10. The lowest BCUT2D eigenvalue weighted by Crippen LogP contribution is -2.39. The first-order valence-corrected chi connectivity index (χ1v) is 9.87. The highest BCUT2D eigenvalue weighted by atomic mass is 32.2. The molecule has 0 spiro atoms. The van der Waals surface area contributed by atoms with Crippen LogP contribution in [0.4, 0.5) is 5.69 Å². The summed E-state index contributed by atoms with van der Waals surface area (Å²) in [5, 5.41) is 14.8. The third-order valence-corrected chi connectivity index (χ3v) is 5.93. The van der Waals surface area contributed by atoms with Crippen LogP contribution < -0.4 is 10.6 Å². The lowest BCUT2D eigenvalue weighted by atomic mass is 9.96. The van der Waals surface area contributed by atoms with Crippen LogP contribution in [-0.2, 0) is 19.6 Å². The lowest BCUT2D eigenvalue weighted by Gasteiger charge is -2.18. The Morgan fingerprint density at radius 1 is 1.19 bits per heavy atom. The van der Waals surface area contributed by atoms with E-state index in [1.54, 1.807) is 20.8 Å².